The zero-order valence-corrected chi connectivity index (χ0v) is 15.0. The second-order valence-corrected chi connectivity index (χ2v) is 6.56. The molecule has 5 nitrogen and oxygen atoms in total. The summed E-state index contributed by atoms with van der Waals surface area (Å²) in [5.41, 5.74) is 2.26. The van der Waals surface area contributed by atoms with Crippen molar-refractivity contribution in [2.24, 2.45) is 14.1 Å². The van der Waals surface area contributed by atoms with Gasteiger partial charge in [0.15, 0.2) is 0 Å². The average Bonchev–Trinajstić information content (AvgIpc) is 3.05. The molecule has 2 aromatic carbocycles. The van der Waals surface area contributed by atoms with E-state index in [2.05, 4.69) is 0 Å². The molecule has 0 aliphatic carbocycles. The van der Waals surface area contributed by atoms with Crippen LogP contribution in [0.4, 0.5) is 4.39 Å². The van der Waals surface area contributed by atoms with Crippen molar-refractivity contribution < 1.29 is 4.39 Å². The van der Waals surface area contributed by atoms with E-state index in [4.69, 9.17) is 0 Å². The van der Waals surface area contributed by atoms with Crippen molar-refractivity contribution in [2.75, 3.05) is 0 Å². The van der Waals surface area contributed by atoms with Crippen LogP contribution in [0.3, 0.4) is 0 Å². The van der Waals surface area contributed by atoms with E-state index in [1.165, 1.54) is 23.7 Å². The summed E-state index contributed by atoms with van der Waals surface area (Å²) in [5, 5.41) is 0.446. The van der Waals surface area contributed by atoms with E-state index in [9.17, 15) is 14.0 Å². The largest absolute Gasteiger partial charge is 0.340 e. The summed E-state index contributed by atoms with van der Waals surface area (Å²) >= 11 is 0. The van der Waals surface area contributed by atoms with Gasteiger partial charge >= 0.3 is 5.69 Å². The van der Waals surface area contributed by atoms with Gasteiger partial charge in [-0.2, -0.15) is 0 Å². The van der Waals surface area contributed by atoms with Gasteiger partial charge in [0, 0.05) is 26.8 Å². The van der Waals surface area contributed by atoms with Gasteiger partial charge in [0.2, 0.25) is 0 Å². The SMILES string of the molecule is Cn1c(=O)c2c(-c3ccc(F)cc3)n(Cc3ccccc3)cc2n(C)c1=O. The Labute approximate surface area is 154 Å². The topological polar surface area (TPSA) is 48.9 Å². The van der Waals surface area contributed by atoms with Crippen LogP contribution in [0.1, 0.15) is 5.56 Å². The molecule has 0 N–H and O–H groups in total. The first-order valence-electron chi connectivity index (χ1n) is 8.56. The van der Waals surface area contributed by atoms with Crippen LogP contribution in [-0.2, 0) is 20.6 Å². The summed E-state index contributed by atoms with van der Waals surface area (Å²) in [5.74, 6) is -0.343. The molecule has 27 heavy (non-hydrogen) atoms. The summed E-state index contributed by atoms with van der Waals surface area (Å²) in [7, 11) is 3.11. The number of aryl methyl sites for hydroxylation is 1. The van der Waals surface area contributed by atoms with Crippen LogP contribution in [0.25, 0.3) is 22.2 Å². The number of nitrogens with zero attached hydrogens (tertiary/aromatic N) is 3. The summed E-state index contributed by atoms with van der Waals surface area (Å²) in [6, 6.07) is 15.9. The Morgan fingerprint density at radius 1 is 0.889 bits per heavy atom. The van der Waals surface area contributed by atoms with Crippen molar-refractivity contribution in [3.8, 4) is 11.3 Å². The fourth-order valence-electron chi connectivity index (χ4n) is 3.41. The van der Waals surface area contributed by atoms with Crippen LogP contribution in [0.15, 0.2) is 70.4 Å². The molecule has 0 unspecified atom stereocenters. The van der Waals surface area contributed by atoms with E-state index in [-0.39, 0.29) is 17.1 Å². The van der Waals surface area contributed by atoms with Gasteiger partial charge in [0.05, 0.1) is 16.6 Å². The molecule has 0 atom stereocenters. The molecule has 0 saturated carbocycles. The summed E-state index contributed by atoms with van der Waals surface area (Å²) < 4.78 is 17.9. The molecule has 2 aromatic heterocycles. The van der Waals surface area contributed by atoms with E-state index in [0.717, 1.165) is 15.7 Å². The summed E-state index contributed by atoms with van der Waals surface area (Å²) in [6.07, 6.45) is 1.81. The fraction of sp³-hybridized carbons (Fsp3) is 0.143. The number of rotatable bonds is 3. The Balaban J connectivity index is 2.07. The molecule has 2 heterocycles. The molecule has 136 valence electrons. The van der Waals surface area contributed by atoms with Crippen molar-refractivity contribution >= 4 is 10.9 Å². The van der Waals surface area contributed by atoms with E-state index in [1.807, 2.05) is 41.1 Å². The second kappa shape index (κ2) is 6.39. The molecule has 4 rings (SSSR count). The Morgan fingerprint density at radius 3 is 2.22 bits per heavy atom. The third kappa shape index (κ3) is 2.79. The number of hydrogen-bond acceptors (Lipinski definition) is 2. The molecule has 0 saturated heterocycles. The van der Waals surface area contributed by atoms with E-state index < -0.39 is 0 Å². The molecule has 0 radical (unpaired) electrons. The maximum atomic E-state index is 13.4. The van der Waals surface area contributed by atoms with Crippen LogP contribution in [0.5, 0.6) is 0 Å². The predicted octanol–water partition coefficient (Wildman–Crippen LogP) is 2.89. The van der Waals surface area contributed by atoms with Crippen LogP contribution < -0.4 is 11.2 Å². The van der Waals surface area contributed by atoms with Gasteiger partial charge in [-0.1, -0.05) is 30.3 Å². The molecule has 6 heteroatoms. The maximum absolute atomic E-state index is 13.4. The second-order valence-electron chi connectivity index (χ2n) is 6.56. The Kier molecular flexibility index (Phi) is 4.03. The number of aromatic nitrogens is 3. The first-order chi connectivity index (χ1) is 13.0. The minimum atomic E-state index is -0.380. The monoisotopic (exact) mass is 363 g/mol. The highest BCUT2D eigenvalue weighted by atomic mass is 19.1. The maximum Gasteiger partial charge on any atom is 0.330 e. The highest BCUT2D eigenvalue weighted by Crippen LogP contribution is 2.29. The van der Waals surface area contributed by atoms with E-state index >= 15 is 0 Å². The molecule has 0 amide bonds. The zero-order valence-electron chi connectivity index (χ0n) is 15.0. The lowest BCUT2D eigenvalue weighted by atomic mass is 10.1. The summed E-state index contributed by atoms with van der Waals surface area (Å²) in [6.45, 7) is 0.527. The highest BCUT2D eigenvalue weighted by molar-refractivity contribution is 5.93. The van der Waals surface area contributed by atoms with Crippen LogP contribution in [0, 0.1) is 5.82 Å². The number of hydrogen-bond donors (Lipinski definition) is 0. The number of benzene rings is 2. The van der Waals surface area contributed by atoms with Crippen molar-refractivity contribution in [1.29, 1.82) is 0 Å². The molecule has 4 aromatic rings. The molecular weight excluding hydrogens is 345 g/mol. The third-order valence-corrected chi connectivity index (χ3v) is 4.83. The summed E-state index contributed by atoms with van der Waals surface area (Å²) in [4.78, 5) is 25.2. The first kappa shape index (κ1) is 17.0. The van der Waals surface area contributed by atoms with Gasteiger partial charge in [0.1, 0.15) is 5.82 Å². The lowest BCUT2D eigenvalue weighted by Gasteiger charge is -2.10. The van der Waals surface area contributed by atoms with Gasteiger partial charge in [-0.25, -0.2) is 9.18 Å². The first-order valence-corrected chi connectivity index (χ1v) is 8.56. The smallest absolute Gasteiger partial charge is 0.330 e. The van der Waals surface area contributed by atoms with Crippen LogP contribution in [0.2, 0.25) is 0 Å². The molecule has 0 aliphatic heterocycles. The lowest BCUT2D eigenvalue weighted by Crippen LogP contribution is -2.36. The van der Waals surface area contributed by atoms with Crippen molar-refractivity contribution in [1.82, 2.24) is 13.7 Å². The van der Waals surface area contributed by atoms with Gasteiger partial charge in [-0.15, -0.1) is 0 Å². The van der Waals surface area contributed by atoms with E-state index in [1.54, 1.807) is 19.2 Å². The fourth-order valence-corrected chi connectivity index (χ4v) is 3.41. The Morgan fingerprint density at radius 2 is 1.56 bits per heavy atom. The van der Waals surface area contributed by atoms with Crippen molar-refractivity contribution in [3.05, 3.63) is 93.0 Å². The standard InChI is InChI=1S/C21H18FN3O2/c1-23-17-13-25(12-14-6-4-3-5-7-14)19(15-8-10-16(22)11-9-15)18(17)20(26)24(2)21(23)27/h3-11,13H,12H2,1-2H3. The normalized spacial score (nSPS) is 11.2. The highest BCUT2D eigenvalue weighted by Gasteiger charge is 2.19. The molecule has 0 fully saturated rings. The molecule has 0 bridgehead atoms. The lowest BCUT2D eigenvalue weighted by molar-refractivity contribution is 0.628. The number of halogens is 1. The quantitative estimate of drug-likeness (QED) is 0.562. The minimum Gasteiger partial charge on any atom is -0.340 e. The minimum absolute atomic E-state index is 0.343. The predicted molar refractivity (Wildman–Crippen MR) is 103 cm³/mol. The average molecular weight is 363 g/mol. The third-order valence-electron chi connectivity index (χ3n) is 4.83. The zero-order chi connectivity index (χ0) is 19.1. The van der Waals surface area contributed by atoms with Gasteiger partial charge in [-0.05, 0) is 35.4 Å². The van der Waals surface area contributed by atoms with Gasteiger partial charge < -0.3 is 4.57 Å². The molecular formula is C21H18FN3O2. The molecule has 0 aliphatic rings. The van der Waals surface area contributed by atoms with Gasteiger partial charge in [-0.3, -0.25) is 13.9 Å². The van der Waals surface area contributed by atoms with Crippen LogP contribution in [-0.4, -0.2) is 13.7 Å². The number of fused-ring (bicyclic) bond motifs is 1. The molecule has 0 spiro atoms. The van der Waals surface area contributed by atoms with Crippen LogP contribution >= 0.6 is 0 Å². The van der Waals surface area contributed by atoms with Crippen molar-refractivity contribution in [3.63, 3.8) is 0 Å². The van der Waals surface area contributed by atoms with E-state index in [0.29, 0.717) is 23.1 Å². The van der Waals surface area contributed by atoms with Gasteiger partial charge in [0.25, 0.3) is 5.56 Å². The Hall–Kier alpha value is -3.41. The Bertz CT molecular complexity index is 1250. The van der Waals surface area contributed by atoms with Crippen molar-refractivity contribution in [2.45, 2.75) is 6.54 Å².